The predicted octanol–water partition coefficient (Wildman–Crippen LogP) is 4.12. The zero-order valence-electron chi connectivity index (χ0n) is 9.56. The zero-order chi connectivity index (χ0) is 15.7. The number of alkyl halides is 6. The van der Waals surface area contributed by atoms with Crippen molar-refractivity contribution in [2.24, 2.45) is 5.92 Å². The summed E-state index contributed by atoms with van der Waals surface area (Å²) in [5, 5.41) is 8.75. The largest absolute Gasteiger partial charge is 0.403 e. The van der Waals surface area contributed by atoms with E-state index in [0.717, 1.165) is 18.2 Å². The number of rotatable bonds is 3. The molecule has 0 aliphatic heterocycles. The van der Waals surface area contributed by atoms with Gasteiger partial charge in [-0.3, -0.25) is 0 Å². The van der Waals surface area contributed by atoms with E-state index in [1.807, 2.05) is 0 Å². The summed E-state index contributed by atoms with van der Waals surface area (Å²) in [6.07, 6.45) is -15.4. The first kappa shape index (κ1) is 17.0. The van der Waals surface area contributed by atoms with Crippen molar-refractivity contribution in [2.75, 3.05) is 0 Å². The highest BCUT2D eigenvalue weighted by atomic mass is 35.5. The summed E-state index contributed by atoms with van der Waals surface area (Å²) < 4.78 is 87.5. The molecule has 0 amide bonds. The fourth-order valence-corrected chi connectivity index (χ4v) is 1.87. The predicted molar refractivity (Wildman–Crippen MR) is 56.7 cm³/mol. The molecular weight excluding hydrogens is 317 g/mol. The molecule has 0 radical (unpaired) electrons. The van der Waals surface area contributed by atoms with Crippen molar-refractivity contribution in [3.8, 4) is 0 Å². The van der Waals surface area contributed by atoms with Crippen molar-refractivity contribution in [2.45, 2.75) is 24.9 Å². The van der Waals surface area contributed by atoms with Crippen LogP contribution in [0.25, 0.3) is 0 Å². The molecule has 0 aliphatic rings. The van der Waals surface area contributed by atoms with Crippen LogP contribution < -0.4 is 0 Å². The number of benzene rings is 1. The second kappa shape index (κ2) is 5.77. The molecule has 0 bridgehead atoms. The van der Waals surface area contributed by atoms with Gasteiger partial charge in [0, 0.05) is 6.42 Å². The van der Waals surface area contributed by atoms with Gasteiger partial charge in [0.05, 0.1) is 11.1 Å². The van der Waals surface area contributed by atoms with E-state index in [9.17, 15) is 35.8 Å². The highest BCUT2D eigenvalue weighted by Crippen LogP contribution is 2.42. The summed E-state index contributed by atoms with van der Waals surface area (Å²) in [4.78, 5) is 0. The van der Waals surface area contributed by atoms with Crippen LogP contribution in [-0.4, -0.2) is 23.6 Å². The summed E-state index contributed by atoms with van der Waals surface area (Å²) in [5.74, 6) is -5.11. The van der Waals surface area contributed by atoms with Crippen LogP contribution in [-0.2, 0) is 6.42 Å². The molecule has 0 aliphatic carbocycles. The first-order valence-corrected chi connectivity index (χ1v) is 5.56. The topological polar surface area (TPSA) is 20.2 Å². The number of hydrogen-bond donors (Lipinski definition) is 1. The first-order chi connectivity index (χ1) is 8.94. The lowest BCUT2D eigenvalue weighted by atomic mass is 9.94. The Hall–Kier alpha value is -1.02. The lowest BCUT2D eigenvalue weighted by Crippen LogP contribution is -2.45. The van der Waals surface area contributed by atoms with Crippen LogP contribution in [0.15, 0.2) is 18.2 Å². The Kier molecular flexibility index (Phi) is 4.91. The van der Waals surface area contributed by atoms with E-state index in [1.165, 1.54) is 0 Å². The van der Waals surface area contributed by atoms with Crippen LogP contribution in [0, 0.1) is 11.7 Å². The molecule has 1 rings (SSSR count). The lowest BCUT2D eigenvalue weighted by molar-refractivity contribution is -0.305. The molecular formula is C11H8ClF7O. The molecule has 0 aromatic heterocycles. The standard InChI is InChI=1S/C11H8ClF7O/c12-6-3-1-2-5(8(6)13)4-7(20)9(10(14,15)16)11(17,18)19/h1-3,7,9,20H,4H2. The third-order valence-electron chi connectivity index (χ3n) is 2.55. The van der Waals surface area contributed by atoms with Gasteiger partial charge in [0.1, 0.15) is 5.82 Å². The molecule has 1 N–H and O–H groups in total. The maximum Gasteiger partial charge on any atom is 0.403 e. The van der Waals surface area contributed by atoms with Gasteiger partial charge in [-0.05, 0) is 11.6 Å². The van der Waals surface area contributed by atoms with E-state index in [1.54, 1.807) is 0 Å². The highest BCUT2D eigenvalue weighted by molar-refractivity contribution is 6.30. The minimum absolute atomic E-state index is 0.453. The Bertz CT molecular complexity index is 455. The molecule has 9 heteroatoms. The summed E-state index contributed by atoms with van der Waals surface area (Å²) in [7, 11) is 0. The van der Waals surface area contributed by atoms with Gasteiger partial charge in [-0.2, -0.15) is 26.3 Å². The molecule has 1 nitrogen and oxygen atoms in total. The quantitative estimate of drug-likeness (QED) is 0.829. The van der Waals surface area contributed by atoms with Crippen LogP contribution in [0.1, 0.15) is 5.56 Å². The van der Waals surface area contributed by atoms with Crippen molar-refractivity contribution < 1.29 is 35.8 Å². The molecule has 1 unspecified atom stereocenters. The third kappa shape index (κ3) is 3.99. The van der Waals surface area contributed by atoms with Crippen molar-refractivity contribution in [3.63, 3.8) is 0 Å². The van der Waals surface area contributed by atoms with Crippen molar-refractivity contribution in [1.82, 2.24) is 0 Å². The van der Waals surface area contributed by atoms with E-state index in [-0.39, 0.29) is 0 Å². The summed E-state index contributed by atoms with van der Waals surface area (Å²) >= 11 is 5.36. The van der Waals surface area contributed by atoms with Crippen LogP contribution in [0.4, 0.5) is 30.7 Å². The summed E-state index contributed by atoms with van der Waals surface area (Å²) in [6.45, 7) is 0. The SMILES string of the molecule is OC(Cc1cccc(Cl)c1F)C(C(F)(F)F)C(F)(F)F. The second-order valence-corrected chi connectivity index (χ2v) is 4.45. The minimum atomic E-state index is -5.69. The van der Waals surface area contributed by atoms with E-state index < -0.39 is 47.2 Å². The number of aliphatic hydroxyl groups is 1. The molecule has 0 saturated heterocycles. The van der Waals surface area contributed by atoms with Crippen LogP contribution >= 0.6 is 11.6 Å². The fraction of sp³-hybridized carbons (Fsp3) is 0.455. The minimum Gasteiger partial charge on any atom is -0.392 e. The van der Waals surface area contributed by atoms with Crippen LogP contribution in [0.2, 0.25) is 5.02 Å². The van der Waals surface area contributed by atoms with Gasteiger partial charge in [-0.25, -0.2) is 4.39 Å². The molecule has 0 spiro atoms. The average molecular weight is 325 g/mol. The van der Waals surface area contributed by atoms with Gasteiger partial charge in [0.15, 0.2) is 5.92 Å². The first-order valence-electron chi connectivity index (χ1n) is 5.19. The Morgan fingerprint density at radius 3 is 2.00 bits per heavy atom. The number of aliphatic hydroxyl groups excluding tert-OH is 1. The Morgan fingerprint density at radius 1 is 1.05 bits per heavy atom. The van der Waals surface area contributed by atoms with Gasteiger partial charge in [0.2, 0.25) is 0 Å². The van der Waals surface area contributed by atoms with Gasteiger partial charge >= 0.3 is 12.4 Å². The molecule has 0 heterocycles. The number of hydrogen-bond acceptors (Lipinski definition) is 1. The van der Waals surface area contributed by atoms with Gasteiger partial charge in [-0.1, -0.05) is 23.7 Å². The lowest BCUT2D eigenvalue weighted by Gasteiger charge is -2.27. The maximum absolute atomic E-state index is 13.4. The van der Waals surface area contributed by atoms with E-state index in [2.05, 4.69) is 0 Å². The van der Waals surface area contributed by atoms with Crippen LogP contribution in [0.5, 0.6) is 0 Å². The molecule has 1 atom stereocenters. The molecule has 1 aromatic carbocycles. The van der Waals surface area contributed by atoms with Crippen molar-refractivity contribution in [3.05, 3.63) is 34.6 Å². The third-order valence-corrected chi connectivity index (χ3v) is 2.84. The zero-order valence-corrected chi connectivity index (χ0v) is 10.3. The van der Waals surface area contributed by atoms with Gasteiger partial charge in [-0.15, -0.1) is 0 Å². The molecule has 114 valence electrons. The maximum atomic E-state index is 13.4. The Morgan fingerprint density at radius 2 is 1.55 bits per heavy atom. The fourth-order valence-electron chi connectivity index (χ4n) is 1.67. The second-order valence-electron chi connectivity index (χ2n) is 4.05. The summed E-state index contributed by atoms with van der Waals surface area (Å²) in [5.41, 5.74) is -0.525. The number of halogens is 8. The Labute approximate surface area is 114 Å². The van der Waals surface area contributed by atoms with Crippen molar-refractivity contribution >= 4 is 11.6 Å². The van der Waals surface area contributed by atoms with E-state index >= 15 is 0 Å². The molecule has 1 aromatic rings. The normalized spacial score (nSPS) is 14.7. The molecule has 20 heavy (non-hydrogen) atoms. The smallest absolute Gasteiger partial charge is 0.392 e. The van der Waals surface area contributed by atoms with E-state index in [4.69, 9.17) is 11.6 Å². The average Bonchev–Trinajstić information content (AvgIpc) is 2.20. The van der Waals surface area contributed by atoms with Crippen LogP contribution in [0.3, 0.4) is 0 Å². The summed E-state index contributed by atoms with van der Waals surface area (Å²) in [6, 6.07) is 3.19. The molecule has 0 saturated carbocycles. The monoisotopic (exact) mass is 324 g/mol. The highest BCUT2D eigenvalue weighted by Gasteiger charge is 2.60. The van der Waals surface area contributed by atoms with Gasteiger partial charge in [0.25, 0.3) is 0 Å². The van der Waals surface area contributed by atoms with Gasteiger partial charge < -0.3 is 5.11 Å². The van der Waals surface area contributed by atoms with E-state index in [0.29, 0.717) is 0 Å². The van der Waals surface area contributed by atoms with Crippen molar-refractivity contribution in [1.29, 1.82) is 0 Å². The molecule has 0 fully saturated rings. The Balaban J connectivity index is 3.04.